The minimum Gasteiger partial charge on any atom is -0.481 e. The predicted octanol–water partition coefficient (Wildman–Crippen LogP) is 3.42. The number of esters is 1. The Morgan fingerprint density at radius 3 is 2.12 bits per heavy atom. The van der Waals surface area contributed by atoms with Gasteiger partial charge in [-0.15, -0.1) is 0 Å². The van der Waals surface area contributed by atoms with E-state index in [1.54, 1.807) is 13.8 Å². The molecular weight excluding hydrogens is 326 g/mol. The zero-order valence-corrected chi connectivity index (χ0v) is 16.2. The molecule has 0 spiro atoms. The first kappa shape index (κ1) is 23.2. The molecule has 146 valence electrons. The van der Waals surface area contributed by atoms with Crippen molar-refractivity contribution < 1.29 is 29.0 Å². The van der Waals surface area contributed by atoms with E-state index >= 15 is 0 Å². The number of carboxylic acids is 1. The van der Waals surface area contributed by atoms with Crippen molar-refractivity contribution in [2.75, 3.05) is 6.54 Å². The molecule has 4 atom stereocenters. The molecule has 7 heteroatoms. The Morgan fingerprint density at radius 2 is 1.64 bits per heavy atom. The van der Waals surface area contributed by atoms with Gasteiger partial charge in [-0.2, -0.15) is 0 Å². The minimum atomic E-state index is -0.996. The second-order valence-corrected chi connectivity index (χ2v) is 6.93. The number of carbonyl (C=O) groups is 3. The maximum absolute atomic E-state index is 11.8. The third-order valence-electron chi connectivity index (χ3n) is 4.36. The number of hydrogen-bond acceptors (Lipinski definition) is 5. The van der Waals surface area contributed by atoms with Gasteiger partial charge in [-0.3, -0.25) is 9.59 Å². The van der Waals surface area contributed by atoms with Crippen molar-refractivity contribution >= 4 is 18.0 Å². The van der Waals surface area contributed by atoms with Crippen molar-refractivity contribution in [3.8, 4) is 0 Å². The second kappa shape index (κ2) is 11.7. The Balaban J connectivity index is 4.54. The minimum absolute atomic E-state index is 0.0204. The molecule has 0 unspecified atom stereocenters. The number of carboxylic acid groups (broad SMARTS) is 1. The monoisotopic (exact) mass is 359 g/mol. The molecule has 0 saturated carbocycles. The largest absolute Gasteiger partial charge is 0.481 e. The molecule has 0 bridgehead atoms. The van der Waals surface area contributed by atoms with Gasteiger partial charge in [0.25, 0.3) is 0 Å². The SMILES string of the molecule is CCC[C@@H](C)[C@@H](C)[C@H](CNC(=O)O[C@@H](C)OC(=O)C(C)C)CC(=O)O. The topological polar surface area (TPSA) is 102 Å². The van der Waals surface area contributed by atoms with Gasteiger partial charge in [0.1, 0.15) is 0 Å². The maximum Gasteiger partial charge on any atom is 0.410 e. The standard InChI is InChI=1S/C18H33NO6/c1-7-8-12(4)13(5)15(9-16(20)21)10-19-18(23)25-14(6)24-17(22)11(2)3/h11-15H,7-10H2,1-6H3,(H,19,23)(H,20,21)/t12-,13-,14+,15+/m1/s1. The van der Waals surface area contributed by atoms with Crippen LogP contribution < -0.4 is 5.32 Å². The van der Waals surface area contributed by atoms with Crippen LogP contribution in [0.2, 0.25) is 0 Å². The van der Waals surface area contributed by atoms with E-state index in [2.05, 4.69) is 19.2 Å². The zero-order chi connectivity index (χ0) is 19.6. The lowest BCUT2D eigenvalue weighted by Gasteiger charge is -2.28. The fourth-order valence-corrected chi connectivity index (χ4v) is 2.58. The van der Waals surface area contributed by atoms with E-state index in [-0.39, 0.29) is 30.7 Å². The second-order valence-electron chi connectivity index (χ2n) is 6.93. The van der Waals surface area contributed by atoms with E-state index < -0.39 is 24.3 Å². The van der Waals surface area contributed by atoms with Gasteiger partial charge in [-0.05, 0) is 17.8 Å². The van der Waals surface area contributed by atoms with Gasteiger partial charge in [0.2, 0.25) is 6.29 Å². The predicted molar refractivity (Wildman–Crippen MR) is 93.9 cm³/mol. The van der Waals surface area contributed by atoms with Gasteiger partial charge in [0.15, 0.2) is 0 Å². The first-order valence-electron chi connectivity index (χ1n) is 8.95. The molecule has 0 aromatic carbocycles. The summed E-state index contributed by atoms with van der Waals surface area (Å²) in [5.41, 5.74) is 0. The molecule has 0 aliphatic rings. The number of aliphatic carboxylic acids is 1. The van der Waals surface area contributed by atoms with Crippen LogP contribution in [-0.2, 0) is 19.1 Å². The Kier molecular flexibility index (Phi) is 10.9. The van der Waals surface area contributed by atoms with Crippen molar-refractivity contribution in [1.29, 1.82) is 0 Å². The summed E-state index contributed by atoms with van der Waals surface area (Å²) in [7, 11) is 0. The Labute approximate surface area is 150 Å². The Bertz CT molecular complexity index is 437. The van der Waals surface area contributed by atoms with Crippen LogP contribution in [0.1, 0.15) is 60.8 Å². The van der Waals surface area contributed by atoms with Crippen LogP contribution in [0.4, 0.5) is 4.79 Å². The molecule has 0 radical (unpaired) electrons. The molecule has 7 nitrogen and oxygen atoms in total. The maximum atomic E-state index is 11.8. The van der Waals surface area contributed by atoms with Crippen molar-refractivity contribution in [3.63, 3.8) is 0 Å². The number of nitrogens with one attached hydrogen (secondary N) is 1. The van der Waals surface area contributed by atoms with Crippen LogP contribution in [0.3, 0.4) is 0 Å². The summed E-state index contributed by atoms with van der Waals surface area (Å²) in [4.78, 5) is 34.4. The highest BCUT2D eigenvalue weighted by atomic mass is 16.7. The first-order chi connectivity index (χ1) is 11.6. The number of ether oxygens (including phenoxy) is 2. The van der Waals surface area contributed by atoms with Crippen molar-refractivity contribution in [3.05, 3.63) is 0 Å². The molecule has 0 fully saturated rings. The van der Waals surface area contributed by atoms with Gasteiger partial charge in [0, 0.05) is 13.5 Å². The smallest absolute Gasteiger partial charge is 0.410 e. The van der Waals surface area contributed by atoms with Crippen molar-refractivity contribution in [1.82, 2.24) is 5.32 Å². The molecule has 0 saturated heterocycles. The fourth-order valence-electron chi connectivity index (χ4n) is 2.58. The quantitative estimate of drug-likeness (QED) is 0.433. The van der Waals surface area contributed by atoms with Crippen molar-refractivity contribution in [2.24, 2.45) is 23.7 Å². The molecule has 2 N–H and O–H groups in total. The highest BCUT2D eigenvalue weighted by Crippen LogP contribution is 2.26. The lowest BCUT2D eigenvalue weighted by atomic mass is 9.80. The Morgan fingerprint density at radius 1 is 1.04 bits per heavy atom. The van der Waals surface area contributed by atoms with Gasteiger partial charge >= 0.3 is 18.0 Å². The van der Waals surface area contributed by atoms with Crippen LogP contribution >= 0.6 is 0 Å². The number of alkyl carbamates (subject to hydrolysis) is 1. The molecule has 25 heavy (non-hydrogen) atoms. The van der Waals surface area contributed by atoms with Crippen LogP contribution in [-0.4, -0.2) is 36.0 Å². The molecule has 0 rings (SSSR count). The average Bonchev–Trinajstić information content (AvgIpc) is 2.50. The number of amides is 1. The first-order valence-corrected chi connectivity index (χ1v) is 8.95. The third-order valence-corrected chi connectivity index (χ3v) is 4.36. The Hall–Kier alpha value is -1.79. The fraction of sp³-hybridized carbons (Fsp3) is 0.833. The molecule has 0 aliphatic heterocycles. The number of rotatable bonds is 11. The van der Waals surface area contributed by atoms with Gasteiger partial charge < -0.3 is 19.9 Å². The molecular formula is C18H33NO6. The van der Waals surface area contributed by atoms with Crippen LogP contribution in [0.15, 0.2) is 0 Å². The van der Waals surface area contributed by atoms with E-state index in [0.29, 0.717) is 5.92 Å². The highest BCUT2D eigenvalue weighted by Gasteiger charge is 2.26. The molecule has 0 heterocycles. The van der Waals surface area contributed by atoms with E-state index in [1.807, 2.05) is 6.92 Å². The van der Waals surface area contributed by atoms with Crippen LogP contribution in [0.5, 0.6) is 0 Å². The average molecular weight is 359 g/mol. The number of carbonyl (C=O) groups excluding carboxylic acids is 2. The summed E-state index contributed by atoms with van der Waals surface area (Å²) in [6.45, 7) is 11.2. The van der Waals surface area contributed by atoms with Crippen LogP contribution in [0, 0.1) is 23.7 Å². The molecule has 1 amide bonds. The zero-order valence-electron chi connectivity index (χ0n) is 16.2. The molecule has 0 aromatic rings. The van der Waals surface area contributed by atoms with E-state index in [1.165, 1.54) is 6.92 Å². The van der Waals surface area contributed by atoms with E-state index in [9.17, 15) is 14.4 Å². The summed E-state index contributed by atoms with van der Waals surface area (Å²) < 4.78 is 9.93. The third kappa shape index (κ3) is 9.94. The highest BCUT2D eigenvalue weighted by molar-refractivity contribution is 5.72. The summed E-state index contributed by atoms with van der Waals surface area (Å²) in [6, 6.07) is 0. The van der Waals surface area contributed by atoms with E-state index in [0.717, 1.165) is 12.8 Å². The lowest BCUT2D eigenvalue weighted by Crippen LogP contribution is -2.37. The molecule has 0 aromatic heterocycles. The van der Waals surface area contributed by atoms with Crippen LogP contribution in [0.25, 0.3) is 0 Å². The summed E-state index contributed by atoms with van der Waals surface area (Å²) in [6.07, 6.45) is 0.288. The van der Waals surface area contributed by atoms with Crippen molar-refractivity contribution in [2.45, 2.75) is 67.1 Å². The lowest BCUT2D eigenvalue weighted by molar-refractivity contribution is -0.168. The summed E-state index contributed by atoms with van der Waals surface area (Å²) >= 11 is 0. The van der Waals surface area contributed by atoms with E-state index in [4.69, 9.17) is 14.6 Å². The van der Waals surface area contributed by atoms with Gasteiger partial charge in [0.05, 0.1) is 12.3 Å². The normalized spacial score (nSPS) is 15.8. The molecule has 0 aliphatic carbocycles. The summed E-state index contributed by atoms with van der Waals surface area (Å²) in [5.74, 6) is -1.35. The van der Waals surface area contributed by atoms with Gasteiger partial charge in [-0.1, -0.05) is 47.5 Å². The van der Waals surface area contributed by atoms with Gasteiger partial charge in [-0.25, -0.2) is 4.79 Å². The summed E-state index contributed by atoms with van der Waals surface area (Å²) in [5, 5.41) is 11.7. The number of hydrogen-bond donors (Lipinski definition) is 2.